The van der Waals surface area contributed by atoms with E-state index in [0.717, 1.165) is 39.0 Å². The molecule has 92 valence electrons. The molecule has 0 bridgehead atoms. The van der Waals surface area contributed by atoms with Gasteiger partial charge in [-0.25, -0.2) is 0 Å². The van der Waals surface area contributed by atoms with Gasteiger partial charge in [-0.05, 0) is 18.4 Å². The zero-order valence-corrected chi connectivity index (χ0v) is 10.2. The fraction of sp³-hybridized carbons (Fsp3) is 0.500. The zero-order chi connectivity index (χ0) is 11.9. The Kier molecular flexibility index (Phi) is 4.56. The number of amides is 1. The van der Waals surface area contributed by atoms with Gasteiger partial charge >= 0.3 is 0 Å². The van der Waals surface area contributed by atoms with Crippen LogP contribution in [-0.4, -0.2) is 37.0 Å². The Hall–Kier alpha value is -1.35. The summed E-state index contributed by atoms with van der Waals surface area (Å²) in [7, 11) is 0. The first-order valence-electron chi connectivity index (χ1n) is 6.39. The molecule has 1 saturated heterocycles. The Morgan fingerprint density at radius 1 is 1.18 bits per heavy atom. The molecule has 0 aliphatic carbocycles. The van der Waals surface area contributed by atoms with Crippen LogP contribution in [0.1, 0.15) is 18.4 Å². The number of hydrogen-bond donors (Lipinski definition) is 1. The number of carbonyl (C=O) groups excluding carboxylic acids is 1. The summed E-state index contributed by atoms with van der Waals surface area (Å²) in [6.45, 7) is 3.60. The Bertz CT molecular complexity index is 344. The minimum atomic E-state index is 0.308. The Labute approximate surface area is 103 Å². The predicted octanol–water partition coefficient (Wildman–Crippen LogP) is 1.44. The maximum absolute atomic E-state index is 11.9. The molecule has 1 fully saturated rings. The van der Waals surface area contributed by atoms with Crippen molar-refractivity contribution in [1.82, 2.24) is 10.2 Å². The van der Waals surface area contributed by atoms with Crippen molar-refractivity contribution >= 4 is 5.91 Å². The van der Waals surface area contributed by atoms with Crippen LogP contribution in [0.15, 0.2) is 30.3 Å². The molecule has 0 spiro atoms. The zero-order valence-electron chi connectivity index (χ0n) is 10.2. The molecule has 1 aliphatic heterocycles. The third kappa shape index (κ3) is 3.86. The monoisotopic (exact) mass is 232 g/mol. The van der Waals surface area contributed by atoms with E-state index in [1.54, 1.807) is 0 Å². The summed E-state index contributed by atoms with van der Waals surface area (Å²) < 4.78 is 0. The molecule has 3 nitrogen and oxygen atoms in total. The molecule has 1 N–H and O–H groups in total. The number of aryl methyl sites for hydroxylation is 1. The number of piperazine rings is 1. The van der Waals surface area contributed by atoms with Crippen LogP contribution in [0.2, 0.25) is 0 Å². The largest absolute Gasteiger partial charge is 0.340 e. The molecule has 1 aromatic rings. The second kappa shape index (κ2) is 6.40. The maximum atomic E-state index is 11.9. The predicted molar refractivity (Wildman–Crippen MR) is 68.8 cm³/mol. The molecule has 3 heteroatoms. The molecule has 0 saturated carbocycles. The Morgan fingerprint density at radius 3 is 2.59 bits per heavy atom. The first kappa shape index (κ1) is 12.1. The average molecular weight is 232 g/mol. The summed E-state index contributed by atoms with van der Waals surface area (Å²) in [5.74, 6) is 0.308. The van der Waals surface area contributed by atoms with E-state index in [1.165, 1.54) is 5.56 Å². The lowest BCUT2D eigenvalue weighted by molar-refractivity contribution is -0.131. The lowest BCUT2D eigenvalue weighted by Crippen LogP contribution is -2.46. The van der Waals surface area contributed by atoms with Crippen molar-refractivity contribution < 1.29 is 4.79 Å². The van der Waals surface area contributed by atoms with E-state index in [0.29, 0.717) is 12.3 Å². The van der Waals surface area contributed by atoms with Gasteiger partial charge in [-0.3, -0.25) is 4.79 Å². The molecule has 1 heterocycles. The van der Waals surface area contributed by atoms with Gasteiger partial charge in [0.25, 0.3) is 0 Å². The van der Waals surface area contributed by atoms with E-state index in [4.69, 9.17) is 0 Å². The second-order valence-corrected chi connectivity index (χ2v) is 4.47. The highest BCUT2D eigenvalue weighted by molar-refractivity contribution is 5.76. The average Bonchev–Trinajstić information content (AvgIpc) is 2.41. The number of nitrogens with one attached hydrogen (secondary N) is 1. The topological polar surface area (TPSA) is 32.3 Å². The van der Waals surface area contributed by atoms with Gasteiger partial charge in [-0.1, -0.05) is 30.3 Å². The third-order valence-electron chi connectivity index (χ3n) is 3.17. The van der Waals surface area contributed by atoms with Gasteiger partial charge in [0.15, 0.2) is 0 Å². The van der Waals surface area contributed by atoms with Crippen LogP contribution in [0.3, 0.4) is 0 Å². The molecule has 17 heavy (non-hydrogen) atoms. The molecular formula is C14H20N2O. The highest BCUT2D eigenvalue weighted by atomic mass is 16.2. The normalized spacial score (nSPS) is 15.9. The molecule has 1 amide bonds. The number of nitrogens with zero attached hydrogens (tertiary/aromatic N) is 1. The molecule has 1 aliphatic rings. The standard InChI is InChI=1S/C14H20N2O/c17-14(16-11-9-15-10-12-16)8-4-7-13-5-2-1-3-6-13/h1-3,5-6,15H,4,7-12H2. The van der Waals surface area contributed by atoms with E-state index in [-0.39, 0.29) is 0 Å². The lowest BCUT2D eigenvalue weighted by atomic mass is 10.1. The summed E-state index contributed by atoms with van der Waals surface area (Å²) in [6.07, 6.45) is 2.63. The molecule has 0 unspecified atom stereocenters. The van der Waals surface area contributed by atoms with Crippen molar-refractivity contribution in [3.8, 4) is 0 Å². The minimum absolute atomic E-state index is 0.308. The van der Waals surface area contributed by atoms with Crippen LogP contribution in [0.5, 0.6) is 0 Å². The Balaban J connectivity index is 1.69. The van der Waals surface area contributed by atoms with Gasteiger partial charge in [-0.2, -0.15) is 0 Å². The van der Waals surface area contributed by atoms with Crippen molar-refractivity contribution in [3.05, 3.63) is 35.9 Å². The van der Waals surface area contributed by atoms with Crippen molar-refractivity contribution in [1.29, 1.82) is 0 Å². The molecule has 2 rings (SSSR count). The van der Waals surface area contributed by atoms with Crippen LogP contribution >= 0.6 is 0 Å². The summed E-state index contributed by atoms with van der Waals surface area (Å²) in [5.41, 5.74) is 1.32. The van der Waals surface area contributed by atoms with Crippen LogP contribution in [0, 0.1) is 0 Å². The summed E-state index contributed by atoms with van der Waals surface area (Å²) in [5, 5.41) is 3.26. The smallest absolute Gasteiger partial charge is 0.222 e. The molecular weight excluding hydrogens is 212 g/mol. The quantitative estimate of drug-likeness (QED) is 0.852. The molecule has 0 aromatic heterocycles. The number of carbonyl (C=O) groups is 1. The fourth-order valence-electron chi connectivity index (χ4n) is 2.16. The third-order valence-corrected chi connectivity index (χ3v) is 3.17. The number of hydrogen-bond acceptors (Lipinski definition) is 2. The van der Waals surface area contributed by atoms with Gasteiger partial charge in [0.05, 0.1) is 0 Å². The SMILES string of the molecule is O=C(CCCc1ccccc1)N1CCNCC1. The lowest BCUT2D eigenvalue weighted by Gasteiger charge is -2.27. The van der Waals surface area contributed by atoms with E-state index < -0.39 is 0 Å². The number of rotatable bonds is 4. The van der Waals surface area contributed by atoms with Crippen LogP contribution < -0.4 is 5.32 Å². The number of benzene rings is 1. The molecule has 0 radical (unpaired) electrons. The van der Waals surface area contributed by atoms with Gasteiger partial charge in [-0.15, -0.1) is 0 Å². The highest BCUT2D eigenvalue weighted by Crippen LogP contribution is 2.06. The van der Waals surface area contributed by atoms with Crippen molar-refractivity contribution in [2.24, 2.45) is 0 Å². The first-order chi connectivity index (χ1) is 8.36. The van der Waals surface area contributed by atoms with Crippen LogP contribution in [0.4, 0.5) is 0 Å². The first-order valence-corrected chi connectivity index (χ1v) is 6.39. The van der Waals surface area contributed by atoms with Crippen molar-refractivity contribution in [2.45, 2.75) is 19.3 Å². The summed E-state index contributed by atoms with van der Waals surface area (Å²) in [6, 6.07) is 10.4. The fourth-order valence-corrected chi connectivity index (χ4v) is 2.16. The van der Waals surface area contributed by atoms with Crippen LogP contribution in [0.25, 0.3) is 0 Å². The van der Waals surface area contributed by atoms with E-state index in [1.807, 2.05) is 23.1 Å². The molecule has 1 aromatic carbocycles. The van der Waals surface area contributed by atoms with Gasteiger partial charge in [0.2, 0.25) is 5.91 Å². The van der Waals surface area contributed by atoms with Gasteiger partial charge < -0.3 is 10.2 Å². The summed E-state index contributed by atoms with van der Waals surface area (Å²) in [4.78, 5) is 13.9. The van der Waals surface area contributed by atoms with Gasteiger partial charge in [0, 0.05) is 32.6 Å². The van der Waals surface area contributed by atoms with Gasteiger partial charge in [0.1, 0.15) is 0 Å². The second-order valence-electron chi connectivity index (χ2n) is 4.47. The minimum Gasteiger partial charge on any atom is -0.340 e. The summed E-state index contributed by atoms with van der Waals surface area (Å²) >= 11 is 0. The van der Waals surface area contributed by atoms with Crippen LogP contribution in [-0.2, 0) is 11.2 Å². The van der Waals surface area contributed by atoms with E-state index >= 15 is 0 Å². The van der Waals surface area contributed by atoms with E-state index in [2.05, 4.69) is 17.4 Å². The molecule has 0 atom stereocenters. The Morgan fingerprint density at radius 2 is 1.88 bits per heavy atom. The highest BCUT2D eigenvalue weighted by Gasteiger charge is 2.15. The van der Waals surface area contributed by atoms with E-state index in [9.17, 15) is 4.79 Å². The van der Waals surface area contributed by atoms with Crippen molar-refractivity contribution in [3.63, 3.8) is 0 Å². The van der Waals surface area contributed by atoms with Crippen molar-refractivity contribution in [2.75, 3.05) is 26.2 Å². The maximum Gasteiger partial charge on any atom is 0.222 e.